The molecule has 7 heteroatoms. The van der Waals surface area contributed by atoms with Crippen LogP contribution in [0, 0.1) is 5.92 Å². The lowest BCUT2D eigenvalue weighted by atomic mass is 9.78. The zero-order valence-corrected chi connectivity index (χ0v) is 15.9. The standard InChI is InChI=1S/C22H20N4O3/c1-29-14-8-11-20(23-13-14)24-21(27)15-9-10-16(15)26-18-6-3-2-5-17(18)25-12-4-7-19(25)22(26)28/h2-8,11-13,15-16H,9-10H2,1H3,(H,23,24,27)/t15-,16-/m0/s1. The molecule has 0 aliphatic heterocycles. The van der Waals surface area contributed by atoms with Gasteiger partial charge in [0.1, 0.15) is 17.1 Å². The van der Waals surface area contributed by atoms with Gasteiger partial charge in [-0.3, -0.25) is 9.59 Å². The van der Waals surface area contributed by atoms with E-state index in [9.17, 15) is 9.59 Å². The van der Waals surface area contributed by atoms with Crippen LogP contribution in [0.3, 0.4) is 0 Å². The summed E-state index contributed by atoms with van der Waals surface area (Å²) in [7, 11) is 1.57. The number of fused-ring (bicyclic) bond motifs is 3. The predicted molar refractivity (Wildman–Crippen MR) is 110 cm³/mol. The Bertz CT molecular complexity index is 1270. The molecule has 2 atom stereocenters. The molecule has 1 N–H and O–H groups in total. The molecule has 29 heavy (non-hydrogen) atoms. The van der Waals surface area contributed by atoms with Gasteiger partial charge >= 0.3 is 0 Å². The monoisotopic (exact) mass is 388 g/mol. The Morgan fingerprint density at radius 2 is 1.86 bits per heavy atom. The largest absolute Gasteiger partial charge is 0.495 e. The van der Waals surface area contributed by atoms with E-state index in [0.717, 1.165) is 23.9 Å². The van der Waals surface area contributed by atoms with E-state index in [-0.39, 0.29) is 23.4 Å². The number of pyridine rings is 1. The van der Waals surface area contributed by atoms with Crippen LogP contribution in [0.15, 0.2) is 65.7 Å². The number of para-hydroxylation sites is 2. The topological polar surface area (TPSA) is 77.6 Å². The van der Waals surface area contributed by atoms with Gasteiger partial charge < -0.3 is 19.0 Å². The predicted octanol–water partition coefficient (Wildman–Crippen LogP) is 3.25. The van der Waals surface area contributed by atoms with E-state index in [0.29, 0.717) is 17.1 Å². The summed E-state index contributed by atoms with van der Waals surface area (Å²) >= 11 is 0. The number of aromatic nitrogens is 3. The molecular formula is C22H20N4O3. The third kappa shape index (κ3) is 2.77. The average Bonchev–Trinajstić information content (AvgIpc) is 3.21. The highest BCUT2D eigenvalue weighted by atomic mass is 16.5. The van der Waals surface area contributed by atoms with Gasteiger partial charge in [0.25, 0.3) is 5.56 Å². The van der Waals surface area contributed by atoms with Crippen LogP contribution in [0.25, 0.3) is 16.6 Å². The van der Waals surface area contributed by atoms with Crippen molar-refractivity contribution in [1.29, 1.82) is 0 Å². The maximum Gasteiger partial charge on any atom is 0.275 e. The van der Waals surface area contributed by atoms with Gasteiger partial charge in [0, 0.05) is 12.2 Å². The minimum atomic E-state index is -0.280. The van der Waals surface area contributed by atoms with Crippen molar-refractivity contribution in [2.24, 2.45) is 5.92 Å². The number of amides is 1. The van der Waals surface area contributed by atoms with Gasteiger partial charge in [-0.15, -0.1) is 0 Å². The normalized spacial score (nSPS) is 18.5. The second-order valence-corrected chi connectivity index (χ2v) is 7.25. The van der Waals surface area contributed by atoms with Gasteiger partial charge in [-0.05, 0) is 49.2 Å². The molecule has 0 radical (unpaired) electrons. The minimum absolute atomic E-state index is 0.0706. The molecule has 3 heterocycles. The van der Waals surface area contributed by atoms with Crippen LogP contribution in [-0.4, -0.2) is 27.0 Å². The molecule has 0 unspecified atom stereocenters. The number of methoxy groups -OCH3 is 1. The number of benzene rings is 1. The highest BCUT2D eigenvalue weighted by Crippen LogP contribution is 2.40. The zero-order valence-electron chi connectivity index (χ0n) is 15.9. The summed E-state index contributed by atoms with van der Waals surface area (Å²) < 4.78 is 8.79. The van der Waals surface area contributed by atoms with E-state index in [2.05, 4.69) is 10.3 Å². The van der Waals surface area contributed by atoms with Crippen molar-refractivity contribution < 1.29 is 9.53 Å². The average molecular weight is 388 g/mol. The van der Waals surface area contributed by atoms with Crippen molar-refractivity contribution in [3.63, 3.8) is 0 Å². The van der Waals surface area contributed by atoms with Crippen molar-refractivity contribution in [2.75, 3.05) is 12.4 Å². The highest BCUT2D eigenvalue weighted by molar-refractivity contribution is 5.93. The Hall–Kier alpha value is -3.61. The first-order valence-electron chi connectivity index (χ1n) is 9.58. The summed E-state index contributed by atoms with van der Waals surface area (Å²) in [5.74, 6) is 0.700. The number of ether oxygens (including phenoxy) is 1. The molecule has 0 spiro atoms. The molecule has 1 aromatic carbocycles. The van der Waals surface area contributed by atoms with Gasteiger partial charge in [0.05, 0.1) is 30.3 Å². The number of anilines is 1. The SMILES string of the molecule is COc1ccc(NC(=O)[C@H]2CC[C@@H]2n2c(=O)c3cccn3c3ccccc32)nc1. The Labute approximate surface area is 166 Å². The summed E-state index contributed by atoms with van der Waals surface area (Å²) in [4.78, 5) is 30.3. The lowest BCUT2D eigenvalue weighted by Crippen LogP contribution is -2.42. The summed E-state index contributed by atoms with van der Waals surface area (Å²) in [5.41, 5.74) is 2.34. The fourth-order valence-electron chi connectivity index (χ4n) is 4.09. The van der Waals surface area contributed by atoms with Crippen molar-refractivity contribution in [3.8, 4) is 5.75 Å². The van der Waals surface area contributed by atoms with Gasteiger partial charge in [-0.2, -0.15) is 0 Å². The van der Waals surface area contributed by atoms with Gasteiger partial charge in [-0.1, -0.05) is 12.1 Å². The van der Waals surface area contributed by atoms with Crippen LogP contribution in [-0.2, 0) is 4.79 Å². The molecule has 146 valence electrons. The van der Waals surface area contributed by atoms with Crippen molar-refractivity contribution in [3.05, 3.63) is 71.3 Å². The minimum Gasteiger partial charge on any atom is -0.495 e. The molecule has 1 fully saturated rings. The fourth-order valence-corrected chi connectivity index (χ4v) is 4.09. The first-order valence-corrected chi connectivity index (χ1v) is 9.58. The number of carbonyl (C=O) groups excluding carboxylic acids is 1. The molecule has 0 saturated heterocycles. The van der Waals surface area contributed by atoms with Crippen LogP contribution < -0.4 is 15.6 Å². The van der Waals surface area contributed by atoms with Gasteiger partial charge in [0.2, 0.25) is 5.91 Å². The summed E-state index contributed by atoms with van der Waals surface area (Å²) in [5, 5.41) is 2.87. The smallest absolute Gasteiger partial charge is 0.275 e. The summed E-state index contributed by atoms with van der Waals surface area (Å²) in [6, 6.07) is 14.8. The number of nitrogens with zero attached hydrogens (tertiary/aromatic N) is 3. The van der Waals surface area contributed by atoms with E-state index in [1.165, 1.54) is 0 Å². The third-order valence-electron chi connectivity index (χ3n) is 5.72. The molecule has 0 bridgehead atoms. The second kappa shape index (κ2) is 6.77. The summed E-state index contributed by atoms with van der Waals surface area (Å²) in [6.45, 7) is 0. The van der Waals surface area contributed by atoms with Gasteiger partial charge in [0.15, 0.2) is 0 Å². The van der Waals surface area contributed by atoms with Gasteiger partial charge in [-0.25, -0.2) is 4.98 Å². The fraction of sp³-hybridized carbons (Fsp3) is 0.227. The van der Waals surface area contributed by atoms with Crippen LogP contribution in [0.2, 0.25) is 0 Å². The molecule has 1 saturated carbocycles. The summed E-state index contributed by atoms with van der Waals surface area (Å²) in [6.07, 6.45) is 4.98. The van der Waals surface area contributed by atoms with Crippen LogP contribution in [0.4, 0.5) is 5.82 Å². The highest BCUT2D eigenvalue weighted by Gasteiger charge is 2.39. The number of nitrogens with one attached hydrogen (secondary N) is 1. The molecule has 1 aliphatic carbocycles. The number of hydrogen-bond donors (Lipinski definition) is 1. The Kier molecular flexibility index (Phi) is 4.08. The van der Waals surface area contributed by atoms with Crippen LogP contribution in [0.1, 0.15) is 18.9 Å². The van der Waals surface area contributed by atoms with E-state index < -0.39 is 0 Å². The first kappa shape index (κ1) is 17.5. The van der Waals surface area contributed by atoms with E-state index in [1.54, 1.807) is 30.0 Å². The first-order chi connectivity index (χ1) is 14.2. The zero-order chi connectivity index (χ0) is 20.0. The van der Waals surface area contributed by atoms with E-state index in [4.69, 9.17) is 4.74 Å². The Balaban J connectivity index is 1.50. The maximum atomic E-state index is 13.2. The van der Waals surface area contributed by atoms with Crippen molar-refractivity contribution in [1.82, 2.24) is 14.0 Å². The lowest BCUT2D eigenvalue weighted by molar-refractivity contribution is -0.124. The molecule has 7 nitrogen and oxygen atoms in total. The second-order valence-electron chi connectivity index (χ2n) is 7.25. The Morgan fingerprint density at radius 1 is 1.07 bits per heavy atom. The quantitative estimate of drug-likeness (QED) is 0.582. The molecule has 1 amide bonds. The number of hydrogen-bond acceptors (Lipinski definition) is 4. The van der Waals surface area contributed by atoms with Crippen molar-refractivity contribution in [2.45, 2.75) is 18.9 Å². The van der Waals surface area contributed by atoms with E-state index >= 15 is 0 Å². The lowest BCUT2D eigenvalue weighted by Gasteiger charge is -2.37. The maximum absolute atomic E-state index is 13.2. The van der Waals surface area contributed by atoms with E-state index in [1.807, 2.05) is 47.0 Å². The van der Waals surface area contributed by atoms with Crippen molar-refractivity contribution >= 4 is 28.3 Å². The number of rotatable bonds is 4. The molecule has 4 aromatic rings. The van der Waals surface area contributed by atoms with Crippen LogP contribution in [0.5, 0.6) is 5.75 Å². The third-order valence-corrected chi connectivity index (χ3v) is 5.72. The molecular weight excluding hydrogens is 368 g/mol. The molecule has 5 rings (SSSR count). The van der Waals surface area contributed by atoms with Crippen LogP contribution >= 0.6 is 0 Å². The Morgan fingerprint density at radius 3 is 2.55 bits per heavy atom. The molecule has 3 aromatic heterocycles. The number of carbonyl (C=O) groups is 1. The molecule has 1 aliphatic rings.